The van der Waals surface area contributed by atoms with E-state index in [0.717, 1.165) is 0 Å². The highest BCUT2D eigenvalue weighted by Crippen LogP contribution is 2.49. The zero-order chi connectivity index (χ0) is 18.1. The molecule has 0 fully saturated rings. The molecule has 128 valence electrons. The summed E-state index contributed by atoms with van der Waals surface area (Å²) in [7, 11) is 1.49. The summed E-state index contributed by atoms with van der Waals surface area (Å²) in [6.07, 6.45) is 0. The zero-order valence-corrected chi connectivity index (χ0v) is 15.1. The molecule has 2 rings (SSSR count). The number of carboxylic acids is 1. The Morgan fingerprint density at radius 2 is 2.25 bits per heavy atom. The SMILES string of the molecule is COCC1NC(C)=C(C#N)C(c2ccc(F)cc2Br)C1(C)C(=O)O. The third-order valence-electron chi connectivity index (χ3n) is 4.60. The first kappa shape index (κ1) is 18.4. The van der Waals surface area contributed by atoms with Crippen LogP contribution in [0.1, 0.15) is 25.3 Å². The number of rotatable bonds is 4. The Balaban J connectivity index is 2.75. The van der Waals surface area contributed by atoms with E-state index in [0.29, 0.717) is 21.3 Å². The largest absolute Gasteiger partial charge is 0.481 e. The molecule has 0 radical (unpaired) electrons. The summed E-state index contributed by atoms with van der Waals surface area (Å²) >= 11 is 3.30. The van der Waals surface area contributed by atoms with Crippen LogP contribution < -0.4 is 5.32 Å². The van der Waals surface area contributed by atoms with Crippen molar-refractivity contribution in [3.8, 4) is 6.07 Å². The molecule has 1 aromatic carbocycles. The number of nitrogens with zero attached hydrogens (tertiary/aromatic N) is 1. The number of hydrogen-bond donors (Lipinski definition) is 2. The molecule has 0 saturated heterocycles. The molecule has 0 amide bonds. The van der Waals surface area contributed by atoms with Crippen LogP contribution in [0.5, 0.6) is 0 Å². The molecule has 1 aliphatic heterocycles. The minimum atomic E-state index is -1.35. The van der Waals surface area contributed by atoms with Crippen LogP contribution in [0.4, 0.5) is 4.39 Å². The number of benzene rings is 1. The van der Waals surface area contributed by atoms with Crippen LogP contribution in [-0.2, 0) is 9.53 Å². The molecule has 24 heavy (non-hydrogen) atoms. The lowest BCUT2D eigenvalue weighted by Gasteiger charge is -2.45. The first-order valence-corrected chi connectivity index (χ1v) is 8.11. The first-order chi connectivity index (χ1) is 11.3. The average molecular weight is 397 g/mol. The normalized spacial score (nSPS) is 26.7. The number of nitriles is 1. The Labute approximate surface area is 148 Å². The fourth-order valence-corrected chi connectivity index (χ4v) is 3.80. The quantitative estimate of drug-likeness (QED) is 0.816. The lowest BCUT2D eigenvalue weighted by molar-refractivity contribution is -0.152. The van der Waals surface area contributed by atoms with Crippen molar-refractivity contribution in [2.75, 3.05) is 13.7 Å². The summed E-state index contributed by atoms with van der Waals surface area (Å²) in [4.78, 5) is 12.2. The molecular formula is C17H18BrFN2O3. The van der Waals surface area contributed by atoms with Crippen molar-refractivity contribution in [3.63, 3.8) is 0 Å². The summed E-state index contributed by atoms with van der Waals surface area (Å²) in [5, 5.41) is 22.6. The minimum absolute atomic E-state index is 0.161. The number of ether oxygens (including phenoxy) is 1. The number of halogens is 2. The van der Waals surface area contributed by atoms with Crippen molar-refractivity contribution in [1.82, 2.24) is 5.32 Å². The van der Waals surface area contributed by atoms with Crippen LogP contribution in [0.25, 0.3) is 0 Å². The number of hydrogen-bond acceptors (Lipinski definition) is 4. The standard InChI is InChI=1S/C17H18BrFN2O3/c1-9-12(7-20)15(11-5-4-10(19)6-13(11)18)17(2,16(22)23)14(21-9)8-24-3/h4-6,14-15,21H,8H2,1-3H3,(H,22,23). The van der Waals surface area contributed by atoms with Crippen LogP contribution >= 0.6 is 15.9 Å². The van der Waals surface area contributed by atoms with Crippen LogP contribution in [0.3, 0.4) is 0 Å². The van der Waals surface area contributed by atoms with Crippen LogP contribution in [0.15, 0.2) is 33.9 Å². The molecule has 1 aliphatic rings. The molecule has 0 bridgehead atoms. The highest BCUT2D eigenvalue weighted by atomic mass is 79.9. The number of allylic oxidation sites excluding steroid dienone is 2. The maximum Gasteiger partial charge on any atom is 0.312 e. The summed E-state index contributed by atoms with van der Waals surface area (Å²) in [5.41, 5.74) is 0.125. The van der Waals surface area contributed by atoms with Crippen LogP contribution in [0, 0.1) is 22.6 Å². The fraction of sp³-hybridized carbons (Fsp3) is 0.412. The van der Waals surface area contributed by atoms with E-state index in [1.807, 2.05) is 0 Å². The van der Waals surface area contributed by atoms with E-state index in [2.05, 4.69) is 27.3 Å². The van der Waals surface area contributed by atoms with E-state index in [1.165, 1.54) is 25.3 Å². The fourth-order valence-electron chi connectivity index (χ4n) is 3.22. The van der Waals surface area contributed by atoms with E-state index < -0.39 is 29.2 Å². The monoisotopic (exact) mass is 396 g/mol. The Hall–Kier alpha value is -1.91. The van der Waals surface area contributed by atoms with Gasteiger partial charge in [-0.25, -0.2) is 4.39 Å². The molecule has 5 nitrogen and oxygen atoms in total. The molecular weight excluding hydrogens is 379 g/mol. The van der Waals surface area contributed by atoms with E-state index in [4.69, 9.17) is 4.74 Å². The maximum absolute atomic E-state index is 13.5. The van der Waals surface area contributed by atoms with Crippen molar-refractivity contribution in [1.29, 1.82) is 5.26 Å². The average Bonchev–Trinajstić information content (AvgIpc) is 2.51. The van der Waals surface area contributed by atoms with Gasteiger partial charge < -0.3 is 15.2 Å². The van der Waals surface area contributed by atoms with Gasteiger partial charge in [0, 0.05) is 23.2 Å². The molecule has 0 aliphatic carbocycles. The highest BCUT2D eigenvalue weighted by Gasteiger charge is 2.53. The molecule has 1 aromatic rings. The number of nitrogens with one attached hydrogen (secondary N) is 1. The summed E-state index contributed by atoms with van der Waals surface area (Å²) in [5.74, 6) is -2.24. The van der Waals surface area contributed by atoms with Crippen molar-refractivity contribution < 1.29 is 19.0 Å². The molecule has 3 atom stereocenters. The topological polar surface area (TPSA) is 82.3 Å². The molecule has 0 spiro atoms. The summed E-state index contributed by atoms with van der Waals surface area (Å²) in [6.45, 7) is 3.47. The molecule has 3 unspecified atom stereocenters. The van der Waals surface area contributed by atoms with E-state index >= 15 is 0 Å². The van der Waals surface area contributed by atoms with Gasteiger partial charge in [-0.3, -0.25) is 4.79 Å². The number of aliphatic carboxylic acids is 1. The summed E-state index contributed by atoms with van der Waals surface area (Å²) < 4.78 is 19.1. The second-order valence-corrected chi connectivity index (χ2v) is 6.84. The van der Waals surface area contributed by atoms with Gasteiger partial charge in [0.1, 0.15) is 5.82 Å². The Morgan fingerprint density at radius 1 is 1.58 bits per heavy atom. The lowest BCUT2D eigenvalue weighted by Crippen LogP contribution is -2.57. The van der Waals surface area contributed by atoms with Crippen molar-refractivity contribution in [2.45, 2.75) is 25.8 Å². The van der Waals surface area contributed by atoms with Gasteiger partial charge in [-0.1, -0.05) is 22.0 Å². The van der Waals surface area contributed by atoms with E-state index in [-0.39, 0.29) is 6.61 Å². The molecule has 2 N–H and O–H groups in total. The van der Waals surface area contributed by atoms with Gasteiger partial charge in [-0.15, -0.1) is 0 Å². The van der Waals surface area contributed by atoms with Gasteiger partial charge in [0.25, 0.3) is 0 Å². The minimum Gasteiger partial charge on any atom is -0.481 e. The van der Waals surface area contributed by atoms with Gasteiger partial charge in [-0.05, 0) is 31.5 Å². The number of carboxylic acid groups (broad SMARTS) is 1. The third-order valence-corrected chi connectivity index (χ3v) is 5.28. The Kier molecular flexibility index (Phi) is 5.31. The van der Waals surface area contributed by atoms with Gasteiger partial charge in [-0.2, -0.15) is 5.26 Å². The number of carbonyl (C=O) groups is 1. The van der Waals surface area contributed by atoms with Crippen molar-refractivity contribution in [3.05, 3.63) is 45.3 Å². The predicted octanol–water partition coefficient (Wildman–Crippen LogP) is 3.18. The van der Waals surface area contributed by atoms with Gasteiger partial charge in [0.15, 0.2) is 0 Å². The number of methoxy groups -OCH3 is 1. The second-order valence-electron chi connectivity index (χ2n) is 5.99. The van der Waals surface area contributed by atoms with E-state index in [9.17, 15) is 19.6 Å². The van der Waals surface area contributed by atoms with Gasteiger partial charge in [0.2, 0.25) is 0 Å². The van der Waals surface area contributed by atoms with Crippen LogP contribution in [0.2, 0.25) is 0 Å². The Bertz CT molecular complexity index is 744. The molecule has 1 heterocycles. The highest BCUT2D eigenvalue weighted by molar-refractivity contribution is 9.10. The van der Waals surface area contributed by atoms with Crippen LogP contribution in [-0.4, -0.2) is 30.8 Å². The Morgan fingerprint density at radius 3 is 2.75 bits per heavy atom. The van der Waals surface area contributed by atoms with Crippen molar-refractivity contribution in [2.24, 2.45) is 5.41 Å². The molecule has 7 heteroatoms. The summed E-state index contributed by atoms with van der Waals surface area (Å²) in [6, 6.07) is 5.63. The first-order valence-electron chi connectivity index (χ1n) is 7.32. The smallest absolute Gasteiger partial charge is 0.312 e. The molecule has 0 aromatic heterocycles. The molecule has 0 saturated carbocycles. The van der Waals surface area contributed by atoms with Gasteiger partial charge in [0.05, 0.1) is 29.7 Å². The van der Waals surface area contributed by atoms with Crippen molar-refractivity contribution >= 4 is 21.9 Å². The third kappa shape index (κ3) is 2.92. The maximum atomic E-state index is 13.5. The van der Waals surface area contributed by atoms with E-state index in [1.54, 1.807) is 13.8 Å². The van der Waals surface area contributed by atoms with Gasteiger partial charge >= 0.3 is 5.97 Å². The second kappa shape index (κ2) is 6.91. The lowest BCUT2D eigenvalue weighted by atomic mass is 9.63. The predicted molar refractivity (Wildman–Crippen MR) is 89.7 cm³/mol. The zero-order valence-electron chi connectivity index (χ0n) is 13.6.